The molecule has 1 heterocycles. The summed E-state index contributed by atoms with van der Waals surface area (Å²) in [5.74, 6) is 1.15. The second-order valence-electron chi connectivity index (χ2n) is 10.3. The number of ether oxygens (including phenoxy) is 1. The number of allylic oxidation sites excluding steroid dienone is 3. The number of fused-ring (bicyclic) bond motifs is 3. The molecule has 3 aliphatic carbocycles. The van der Waals surface area contributed by atoms with Crippen molar-refractivity contribution in [3.63, 3.8) is 0 Å². The van der Waals surface area contributed by atoms with Crippen LogP contribution >= 0.6 is 0 Å². The highest BCUT2D eigenvalue weighted by molar-refractivity contribution is 6.08. The van der Waals surface area contributed by atoms with Crippen LogP contribution in [0.1, 0.15) is 66.2 Å². The van der Waals surface area contributed by atoms with E-state index in [0.29, 0.717) is 11.8 Å². The number of aliphatic hydroxyl groups excluding tert-OH is 2. The lowest BCUT2D eigenvalue weighted by Gasteiger charge is -2.44. The van der Waals surface area contributed by atoms with Gasteiger partial charge >= 0.3 is 0 Å². The Morgan fingerprint density at radius 1 is 1.34 bits per heavy atom. The molecule has 160 valence electrons. The van der Waals surface area contributed by atoms with Crippen molar-refractivity contribution in [1.29, 1.82) is 0 Å². The lowest BCUT2D eigenvalue weighted by Crippen LogP contribution is -2.44. The standard InChI is InChI=1S/C25H36O4/c1-15(13-26)9-19-11-17(3)25(29-19)8-7-24(4)12-20-16(2)10-21(28)23(20)18(14-27)5-6-22(24)25/h9-10,17,19-20,22,26-27H,5-8,11-14H2,1-4H3/b15-9+,23-18-/t17-,19-,20+,22+,24+,25-/m0/s1. The van der Waals surface area contributed by atoms with Gasteiger partial charge in [0, 0.05) is 11.5 Å². The Morgan fingerprint density at radius 3 is 2.79 bits per heavy atom. The van der Waals surface area contributed by atoms with Crippen molar-refractivity contribution in [2.45, 2.75) is 77.9 Å². The average molecular weight is 401 g/mol. The number of carbonyl (C=O) groups excluding carboxylic acids is 1. The topological polar surface area (TPSA) is 66.8 Å². The number of ketones is 1. The van der Waals surface area contributed by atoms with Gasteiger partial charge in [-0.1, -0.05) is 25.5 Å². The van der Waals surface area contributed by atoms with Gasteiger partial charge in [-0.2, -0.15) is 0 Å². The highest BCUT2D eigenvalue weighted by atomic mass is 16.5. The lowest BCUT2D eigenvalue weighted by molar-refractivity contribution is -0.111. The number of rotatable bonds is 3. The van der Waals surface area contributed by atoms with Gasteiger partial charge in [-0.25, -0.2) is 0 Å². The molecule has 2 fully saturated rings. The molecule has 0 amide bonds. The van der Waals surface area contributed by atoms with Crippen molar-refractivity contribution in [2.75, 3.05) is 13.2 Å². The Kier molecular flexibility index (Phi) is 5.42. The Balaban J connectivity index is 1.68. The highest BCUT2D eigenvalue weighted by Gasteiger charge is 2.61. The van der Waals surface area contributed by atoms with Gasteiger partial charge in [0.1, 0.15) is 0 Å². The van der Waals surface area contributed by atoms with Gasteiger partial charge in [0.2, 0.25) is 0 Å². The third kappa shape index (κ3) is 3.28. The minimum absolute atomic E-state index is 0.0212. The molecule has 4 rings (SSSR count). The molecule has 0 unspecified atom stereocenters. The van der Waals surface area contributed by atoms with Gasteiger partial charge in [0.25, 0.3) is 0 Å². The molecule has 4 heteroatoms. The van der Waals surface area contributed by atoms with Gasteiger partial charge in [0.15, 0.2) is 5.78 Å². The molecule has 6 atom stereocenters. The second-order valence-corrected chi connectivity index (χ2v) is 10.3. The van der Waals surface area contributed by atoms with E-state index in [1.807, 2.05) is 6.92 Å². The maximum atomic E-state index is 12.6. The maximum absolute atomic E-state index is 12.6. The Morgan fingerprint density at radius 2 is 2.10 bits per heavy atom. The largest absolute Gasteiger partial charge is 0.392 e. The summed E-state index contributed by atoms with van der Waals surface area (Å²) in [6, 6.07) is 0. The van der Waals surface area contributed by atoms with Crippen LogP contribution in [0.5, 0.6) is 0 Å². The van der Waals surface area contributed by atoms with E-state index >= 15 is 0 Å². The summed E-state index contributed by atoms with van der Waals surface area (Å²) in [6.07, 6.45) is 9.86. The fourth-order valence-electron chi connectivity index (χ4n) is 7.01. The summed E-state index contributed by atoms with van der Waals surface area (Å²) in [7, 11) is 0. The predicted octanol–water partition coefficient (Wildman–Crippen LogP) is 4.12. The second kappa shape index (κ2) is 7.47. The maximum Gasteiger partial charge on any atom is 0.182 e. The molecule has 0 radical (unpaired) electrons. The average Bonchev–Trinajstić information content (AvgIpc) is 3.22. The van der Waals surface area contributed by atoms with Crippen LogP contribution in [0, 0.1) is 23.2 Å². The van der Waals surface area contributed by atoms with Crippen molar-refractivity contribution < 1.29 is 19.7 Å². The van der Waals surface area contributed by atoms with E-state index in [1.54, 1.807) is 6.08 Å². The zero-order valence-electron chi connectivity index (χ0n) is 18.3. The molecule has 2 N–H and O–H groups in total. The molecule has 0 aromatic heterocycles. The van der Waals surface area contributed by atoms with Gasteiger partial charge in [-0.05, 0) is 86.8 Å². The van der Waals surface area contributed by atoms with E-state index in [9.17, 15) is 15.0 Å². The minimum atomic E-state index is -0.135. The molecule has 4 nitrogen and oxygen atoms in total. The first-order chi connectivity index (χ1) is 13.7. The van der Waals surface area contributed by atoms with Crippen molar-refractivity contribution in [1.82, 2.24) is 0 Å². The van der Waals surface area contributed by atoms with Crippen LogP contribution in [0.3, 0.4) is 0 Å². The van der Waals surface area contributed by atoms with Crippen LogP contribution in [-0.4, -0.2) is 40.9 Å². The summed E-state index contributed by atoms with van der Waals surface area (Å²) in [5, 5.41) is 19.5. The molecule has 1 saturated carbocycles. The number of aliphatic hydroxyl groups is 2. The molecule has 0 aromatic rings. The van der Waals surface area contributed by atoms with Crippen LogP contribution in [0.4, 0.5) is 0 Å². The first-order valence-electron chi connectivity index (χ1n) is 11.3. The van der Waals surface area contributed by atoms with Crippen LogP contribution in [0.25, 0.3) is 0 Å². The monoisotopic (exact) mass is 400 g/mol. The van der Waals surface area contributed by atoms with Crippen molar-refractivity contribution in [2.24, 2.45) is 23.2 Å². The van der Waals surface area contributed by atoms with Gasteiger partial charge in [-0.3, -0.25) is 4.79 Å². The third-order valence-electron chi connectivity index (χ3n) is 8.53. The van der Waals surface area contributed by atoms with Crippen LogP contribution in [-0.2, 0) is 9.53 Å². The summed E-state index contributed by atoms with van der Waals surface area (Å²) in [4.78, 5) is 12.6. The fourth-order valence-corrected chi connectivity index (χ4v) is 7.01. The third-order valence-corrected chi connectivity index (χ3v) is 8.53. The van der Waals surface area contributed by atoms with Crippen molar-refractivity contribution >= 4 is 5.78 Å². The van der Waals surface area contributed by atoms with Crippen LogP contribution in [0.2, 0.25) is 0 Å². The predicted molar refractivity (Wildman–Crippen MR) is 113 cm³/mol. The molecule has 1 spiro atoms. The molecular formula is C25H36O4. The highest BCUT2D eigenvalue weighted by Crippen LogP contribution is 2.63. The zero-order chi connectivity index (χ0) is 21.0. The van der Waals surface area contributed by atoms with Gasteiger partial charge in [0.05, 0.1) is 24.9 Å². The lowest BCUT2D eigenvalue weighted by atomic mass is 9.63. The molecule has 4 aliphatic rings. The van der Waals surface area contributed by atoms with Gasteiger partial charge < -0.3 is 14.9 Å². The first-order valence-corrected chi connectivity index (χ1v) is 11.3. The molecule has 1 aliphatic heterocycles. The van der Waals surface area contributed by atoms with E-state index in [1.165, 1.54) is 0 Å². The Bertz CT molecular complexity index is 791. The van der Waals surface area contributed by atoms with Crippen LogP contribution < -0.4 is 0 Å². The smallest absolute Gasteiger partial charge is 0.182 e. The normalized spacial score (nSPS) is 45.2. The van der Waals surface area contributed by atoms with Crippen LogP contribution in [0.15, 0.2) is 34.4 Å². The first kappa shape index (κ1) is 21.0. The van der Waals surface area contributed by atoms with Gasteiger partial charge in [-0.15, -0.1) is 0 Å². The number of hydrogen-bond acceptors (Lipinski definition) is 4. The van der Waals surface area contributed by atoms with Crippen molar-refractivity contribution in [3.05, 3.63) is 34.4 Å². The molecule has 0 aromatic carbocycles. The molecule has 0 bridgehead atoms. The van der Waals surface area contributed by atoms with Crippen molar-refractivity contribution in [3.8, 4) is 0 Å². The van der Waals surface area contributed by atoms with E-state index in [-0.39, 0.29) is 42.0 Å². The molecule has 29 heavy (non-hydrogen) atoms. The summed E-state index contributed by atoms with van der Waals surface area (Å²) in [6.45, 7) is 8.82. The summed E-state index contributed by atoms with van der Waals surface area (Å²) >= 11 is 0. The molecule has 1 saturated heterocycles. The van der Waals surface area contributed by atoms with E-state index in [4.69, 9.17) is 4.74 Å². The zero-order valence-corrected chi connectivity index (χ0v) is 18.3. The fraction of sp³-hybridized carbons (Fsp3) is 0.720. The SMILES string of the molecule is CC1=CC(=O)/C2=C(\CO)CC[C@@H]3[C@](C)(CC[C@@]34O[C@@H](/C=C(\C)CO)C[C@@H]4C)C[C@H]12. The minimum Gasteiger partial charge on any atom is -0.392 e. The Hall–Kier alpha value is -1.23. The van der Waals surface area contributed by atoms with E-state index in [2.05, 4.69) is 26.8 Å². The number of hydrogen-bond donors (Lipinski definition) is 2. The van der Waals surface area contributed by atoms with E-state index < -0.39 is 0 Å². The molecular weight excluding hydrogens is 364 g/mol. The Labute approximate surface area is 174 Å². The van der Waals surface area contributed by atoms with E-state index in [0.717, 1.165) is 60.8 Å². The quantitative estimate of drug-likeness (QED) is 0.699. The summed E-state index contributed by atoms with van der Waals surface area (Å²) in [5.41, 5.74) is 3.94. The summed E-state index contributed by atoms with van der Waals surface area (Å²) < 4.78 is 6.81. The number of carbonyl (C=O) groups is 1.